The summed E-state index contributed by atoms with van der Waals surface area (Å²) >= 11 is 1.18. The second-order valence-corrected chi connectivity index (χ2v) is 5.12. The number of benzene rings is 1. The molecule has 1 heterocycles. The zero-order valence-corrected chi connectivity index (χ0v) is 12.1. The van der Waals surface area contributed by atoms with Crippen LogP contribution in [0, 0.1) is 17.0 Å². The summed E-state index contributed by atoms with van der Waals surface area (Å²) < 4.78 is 1.45. The summed E-state index contributed by atoms with van der Waals surface area (Å²) in [7, 11) is 1.67. The lowest BCUT2D eigenvalue weighted by atomic mass is 10.2. The van der Waals surface area contributed by atoms with Crippen LogP contribution in [0.3, 0.4) is 0 Å². The second kappa shape index (κ2) is 6.31. The number of anilines is 1. The van der Waals surface area contributed by atoms with Gasteiger partial charge in [-0.25, -0.2) is 4.68 Å². The Kier molecular flexibility index (Phi) is 4.48. The van der Waals surface area contributed by atoms with E-state index in [0.29, 0.717) is 10.8 Å². The average molecular weight is 308 g/mol. The van der Waals surface area contributed by atoms with Crippen molar-refractivity contribution >= 4 is 29.0 Å². The summed E-state index contributed by atoms with van der Waals surface area (Å²) in [5.41, 5.74) is 1.10. The number of hydrogen-bond donors (Lipinski definition) is 1. The van der Waals surface area contributed by atoms with Crippen LogP contribution in [0.15, 0.2) is 23.4 Å². The van der Waals surface area contributed by atoms with E-state index < -0.39 is 4.92 Å². The van der Waals surface area contributed by atoms with Crippen molar-refractivity contribution in [1.82, 2.24) is 20.2 Å². The fraction of sp³-hybridized carbons (Fsp3) is 0.273. The molecule has 10 heteroatoms. The van der Waals surface area contributed by atoms with Gasteiger partial charge >= 0.3 is 0 Å². The Morgan fingerprint density at radius 1 is 1.52 bits per heavy atom. The number of thioether (sulfide) groups is 1. The molecule has 0 aliphatic rings. The van der Waals surface area contributed by atoms with Gasteiger partial charge in [-0.2, -0.15) is 0 Å². The van der Waals surface area contributed by atoms with Gasteiger partial charge in [0.15, 0.2) is 0 Å². The van der Waals surface area contributed by atoms with Crippen LogP contribution in [0.25, 0.3) is 0 Å². The molecule has 2 rings (SSSR count). The molecular weight excluding hydrogens is 296 g/mol. The van der Waals surface area contributed by atoms with Gasteiger partial charge in [0.25, 0.3) is 5.69 Å². The minimum Gasteiger partial charge on any atom is -0.325 e. The van der Waals surface area contributed by atoms with Gasteiger partial charge in [0.2, 0.25) is 11.1 Å². The first-order valence-electron chi connectivity index (χ1n) is 5.87. The van der Waals surface area contributed by atoms with Crippen LogP contribution in [0.5, 0.6) is 0 Å². The Labute approximate surface area is 123 Å². The number of nitro benzene ring substituents is 1. The molecule has 1 aromatic heterocycles. The normalized spacial score (nSPS) is 10.4. The third kappa shape index (κ3) is 3.75. The van der Waals surface area contributed by atoms with Crippen molar-refractivity contribution in [3.8, 4) is 0 Å². The molecule has 0 radical (unpaired) electrons. The molecule has 0 bridgehead atoms. The number of amides is 1. The van der Waals surface area contributed by atoms with E-state index in [1.165, 1.54) is 28.6 Å². The minimum atomic E-state index is -0.505. The van der Waals surface area contributed by atoms with Gasteiger partial charge in [0, 0.05) is 19.2 Å². The summed E-state index contributed by atoms with van der Waals surface area (Å²) in [6.07, 6.45) is 0. The van der Waals surface area contributed by atoms with Crippen molar-refractivity contribution in [2.75, 3.05) is 11.1 Å². The first-order valence-corrected chi connectivity index (χ1v) is 6.86. The SMILES string of the molecule is Cc1ccc([N+](=O)[O-])cc1NC(=O)CSc1nnnn1C. The molecule has 21 heavy (non-hydrogen) atoms. The van der Waals surface area contributed by atoms with E-state index in [1.807, 2.05) is 0 Å². The van der Waals surface area contributed by atoms with Crippen LogP contribution in [0.2, 0.25) is 0 Å². The fourth-order valence-electron chi connectivity index (χ4n) is 1.52. The molecular formula is C11H12N6O3S. The number of rotatable bonds is 5. The summed E-state index contributed by atoms with van der Waals surface area (Å²) in [4.78, 5) is 22.1. The van der Waals surface area contributed by atoms with Crippen molar-refractivity contribution in [2.24, 2.45) is 7.05 Å². The van der Waals surface area contributed by atoms with Gasteiger partial charge in [-0.05, 0) is 22.9 Å². The highest BCUT2D eigenvalue weighted by atomic mass is 32.2. The monoisotopic (exact) mass is 308 g/mol. The number of aromatic nitrogens is 4. The molecule has 0 aliphatic heterocycles. The molecule has 0 saturated carbocycles. The van der Waals surface area contributed by atoms with Crippen LogP contribution in [0.4, 0.5) is 11.4 Å². The van der Waals surface area contributed by atoms with E-state index >= 15 is 0 Å². The lowest BCUT2D eigenvalue weighted by Crippen LogP contribution is -2.15. The lowest BCUT2D eigenvalue weighted by Gasteiger charge is -2.07. The minimum absolute atomic E-state index is 0.0685. The highest BCUT2D eigenvalue weighted by Gasteiger charge is 2.12. The molecule has 0 atom stereocenters. The van der Waals surface area contributed by atoms with Gasteiger partial charge in [-0.15, -0.1) is 5.10 Å². The predicted molar refractivity (Wildman–Crippen MR) is 76.0 cm³/mol. The molecule has 1 N–H and O–H groups in total. The van der Waals surface area contributed by atoms with Gasteiger partial charge in [-0.1, -0.05) is 17.8 Å². The number of nitro groups is 1. The Balaban J connectivity index is 2.01. The highest BCUT2D eigenvalue weighted by Crippen LogP contribution is 2.22. The Hall–Kier alpha value is -2.49. The fourth-order valence-corrected chi connectivity index (χ4v) is 2.17. The molecule has 0 aliphatic carbocycles. The summed E-state index contributed by atoms with van der Waals surface area (Å²) in [6, 6.07) is 4.32. The molecule has 1 amide bonds. The zero-order chi connectivity index (χ0) is 15.4. The molecule has 0 unspecified atom stereocenters. The van der Waals surface area contributed by atoms with E-state index in [1.54, 1.807) is 20.0 Å². The number of carbonyl (C=O) groups excluding carboxylic acids is 1. The molecule has 0 spiro atoms. The zero-order valence-electron chi connectivity index (χ0n) is 11.3. The Morgan fingerprint density at radius 3 is 2.90 bits per heavy atom. The average Bonchev–Trinajstić information content (AvgIpc) is 2.84. The van der Waals surface area contributed by atoms with E-state index in [2.05, 4.69) is 20.8 Å². The second-order valence-electron chi connectivity index (χ2n) is 4.18. The predicted octanol–water partition coefficient (Wildman–Crippen LogP) is 1.16. The van der Waals surface area contributed by atoms with Crippen LogP contribution < -0.4 is 5.32 Å². The largest absolute Gasteiger partial charge is 0.325 e. The van der Waals surface area contributed by atoms with Gasteiger partial charge < -0.3 is 5.32 Å². The van der Waals surface area contributed by atoms with Crippen molar-refractivity contribution < 1.29 is 9.72 Å². The van der Waals surface area contributed by atoms with E-state index in [4.69, 9.17) is 0 Å². The van der Waals surface area contributed by atoms with E-state index in [-0.39, 0.29) is 17.3 Å². The highest BCUT2D eigenvalue weighted by molar-refractivity contribution is 7.99. The van der Waals surface area contributed by atoms with E-state index in [0.717, 1.165) is 5.56 Å². The van der Waals surface area contributed by atoms with Gasteiger partial charge in [-0.3, -0.25) is 14.9 Å². The number of tetrazole rings is 1. The first kappa shape index (κ1) is 14.9. The molecule has 110 valence electrons. The smallest absolute Gasteiger partial charge is 0.271 e. The van der Waals surface area contributed by atoms with Gasteiger partial charge in [0.1, 0.15) is 0 Å². The van der Waals surface area contributed by atoms with Crippen LogP contribution in [-0.2, 0) is 11.8 Å². The summed E-state index contributed by atoms with van der Waals surface area (Å²) in [5, 5.41) is 24.8. The molecule has 2 aromatic rings. The van der Waals surface area contributed by atoms with E-state index in [9.17, 15) is 14.9 Å². The number of nitrogens with zero attached hydrogens (tertiary/aromatic N) is 5. The number of nitrogens with one attached hydrogen (secondary N) is 1. The van der Waals surface area contributed by atoms with Crippen LogP contribution in [0.1, 0.15) is 5.56 Å². The number of carbonyl (C=O) groups is 1. The van der Waals surface area contributed by atoms with Crippen molar-refractivity contribution in [2.45, 2.75) is 12.1 Å². The van der Waals surface area contributed by atoms with Gasteiger partial charge in [0.05, 0.1) is 16.4 Å². The maximum absolute atomic E-state index is 11.9. The lowest BCUT2D eigenvalue weighted by molar-refractivity contribution is -0.384. The molecule has 0 fully saturated rings. The Bertz CT molecular complexity index is 686. The van der Waals surface area contributed by atoms with Crippen molar-refractivity contribution in [1.29, 1.82) is 0 Å². The molecule has 1 aromatic carbocycles. The third-order valence-corrected chi connectivity index (χ3v) is 3.63. The maximum atomic E-state index is 11.9. The van der Waals surface area contributed by atoms with Crippen LogP contribution >= 0.6 is 11.8 Å². The molecule has 0 saturated heterocycles. The third-order valence-electron chi connectivity index (χ3n) is 2.62. The quantitative estimate of drug-likeness (QED) is 0.500. The number of hydrogen-bond acceptors (Lipinski definition) is 7. The topological polar surface area (TPSA) is 116 Å². The Morgan fingerprint density at radius 2 is 2.29 bits per heavy atom. The number of non-ortho nitro benzene ring substituents is 1. The van der Waals surface area contributed by atoms with Crippen LogP contribution in [-0.4, -0.2) is 36.8 Å². The number of aryl methyl sites for hydroxylation is 2. The summed E-state index contributed by atoms with van der Waals surface area (Å²) in [6.45, 7) is 1.76. The van der Waals surface area contributed by atoms with Crippen molar-refractivity contribution in [3.63, 3.8) is 0 Å². The van der Waals surface area contributed by atoms with Crippen molar-refractivity contribution in [3.05, 3.63) is 33.9 Å². The standard InChI is InChI=1S/C11H12N6O3S/c1-7-3-4-8(17(19)20)5-9(7)12-10(18)6-21-11-13-14-15-16(11)2/h3-5H,6H2,1-2H3,(H,12,18). The first-order chi connectivity index (χ1) is 9.97. The summed E-state index contributed by atoms with van der Waals surface area (Å²) in [5.74, 6) is -0.178. The molecule has 9 nitrogen and oxygen atoms in total. The maximum Gasteiger partial charge on any atom is 0.271 e.